The molecule has 0 unspecified atom stereocenters. The second-order valence-electron chi connectivity index (χ2n) is 3.67. The highest BCUT2D eigenvalue weighted by molar-refractivity contribution is 7.98. The number of hydrogen-bond acceptors (Lipinski definition) is 4. The van der Waals surface area contributed by atoms with E-state index in [0.29, 0.717) is 12.1 Å². The fraction of sp³-hybridized carbons (Fsp3) is 0.385. The molecule has 0 aliphatic rings. The van der Waals surface area contributed by atoms with Gasteiger partial charge in [0, 0.05) is 11.4 Å². The SMILES string of the molecule is CCNC(=O)[C@@H](C)OC(=O)c1ccc(SC)cc1. The molecule has 98 valence electrons. The molecule has 18 heavy (non-hydrogen) atoms. The normalized spacial score (nSPS) is 11.7. The fourth-order valence-electron chi connectivity index (χ4n) is 1.33. The molecule has 5 heteroatoms. The number of thioether (sulfide) groups is 1. The Morgan fingerprint density at radius 1 is 1.33 bits per heavy atom. The highest BCUT2D eigenvalue weighted by Gasteiger charge is 2.17. The standard InChI is InChI=1S/C13H17NO3S/c1-4-14-12(15)9(2)17-13(16)10-5-7-11(18-3)8-6-10/h5-9H,4H2,1-3H3,(H,14,15)/t9-/m1/s1. The van der Waals surface area contributed by atoms with Crippen molar-refractivity contribution < 1.29 is 14.3 Å². The predicted octanol–water partition coefficient (Wildman–Crippen LogP) is 2.09. The van der Waals surface area contributed by atoms with Gasteiger partial charge in [0.2, 0.25) is 0 Å². The van der Waals surface area contributed by atoms with Crippen molar-refractivity contribution in [1.82, 2.24) is 5.32 Å². The number of benzene rings is 1. The molecule has 1 atom stereocenters. The summed E-state index contributed by atoms with van der Waals surface area (Å²) in [6, 6.07) is 7.08. The molecule has 0 saturated carbocycles. The van der Waals surface area contributed by atoms with E-state index in [4.69, 9.17) is 4.74 Å². The zero-order valence-corrected chi connectivity index (χ0v) is 11.5. The van der Waals surface area contributed by atoms with Gasteiger partial charge in [0.05, 0.1) is 5.56 Å². The number of hydrogen-bond donors (Lipinski definition) is 1. The van der Waals surface area contributed by atoms with E-state index in [1.54, 1.807) is 30.8 Å². The van der Waals surface area contributed by atoms with E-state index in [9.17, 15) is 9.59 Å². The van der Waals surface area contributed by atoms with Crippen molar-refractivity contribution in [3.8, 4) is 0 Å². The first-order chi connectivity index (χ1) is 8.58. The lowest BCUT2D eigenvalue weighted by Gasteiger charge is -2.12. The summed E-state index contributed by atoms with van der Waals surface area (Å²) in [6.45, 7) is 3.88. The maximum absolute atomic E-state index is 11.8. The van der Waals surface area contributed by atoms with Gasteiger partial charge in [0.25, 0.3) is 5.91 Å². The second-order valence-corrected chi connectivity index (χ2v) is 4.55. The third kappa shape index (κ3) is 4.07. The molecule has 0 saturated heterocycles. The highest BCUT2D eigenvalue weighted by atomic mass is 32.2. The van der Waals surface area contributed by atoms with Crippen LogP contribution in [-0.4, -0.2) is 30.8 Å². The molecule has 4 nitrogen and oxygen atoms in total. The number of amides is 1. The Balaban J connectivity index is 2.61. The minimum absolute atomic E-state index is 0.286. The van der Waals surface area contributed by atoms with Crippen LogP contribution in [0.25, 0.3) is 0 Å². The lowest BCUT2D eigenvalue weighted by molar-refractivity contribution is -0.128. The van der Waals surface area contributed by atoms with E-state index in [1.807, 2.05) is 25.3 Å². The van der Waals surface area contributed by atoms with Gasteiger partial charge in [-0.15, -0.1) is 11.8 Å². The first-order valence-electron chi connectivity index (χ1n) is 5.71. The second kappa shape index (κ2) is 7.06. The van der Waals surface area contributed by atoms with Crippen molar-refractivity contribution >= 4 is 23.6 Å². The molecule has 0 fully saturated rings. The van der Waals surface area contributed by atoms with E-state index in [1.165, 1.54) is 0 Å². The van der Waals surface area contributed by atoms with Crippen molar-refractivity contribution in [1.29, 1.82) is 0 Å². The summed E-state index contributed by atoms with van der Waals surface area (Å²) < 4.78 is 5.07. The number of nitrogens with one attached hydrogen (secondary N) is 1. The summed E-state index contributed by atoms with van der Waals surface area (Å²) in [4.78, 5) is 24.2. The maximum atomic E-state index is 11.8. The van der Waals surface area contributed by atoms with Crippen LogP contribution in [0.1, 0.15) is 24.2 Å². The van der Waals surface area contributed by atoms with Crippen LogP contribution in [0.4, 0.5) is 0 Å². The minimum Gasteiger partial charge on any atom is -0.449 e. The number of rotatable bonds is 5. The lowest BCUT2D eigenvalue weighted by atomic mass is 10.2. The monoisotopic (exact) mass is 267 g/mol. The van der Waals surface area contributed by atoms with Gasteiger partial charge in [0.15, 0.2) is 6.10 Å². The first kappa shape index (κ1) is 14.6. The van der Waals surface area contributed by atoms with Gasteiger partial charge in [-0.05, 0) is 44.4 Å². The molecule has 0 radical (unpaired) electrons. The number of ether oxygens (including phenoxy) is 1. The van der Waals surface area contributed by atoms with Gasteiger partial charge in [-0.25, -0.2) is 4.79 Å². The Morgan fingerprint density at radius 2 is 1.94 bits per heavy atom. The summed E-state index contributed by atoms with van der Waals surface area (Å²) in [6.07, 6.45) is 1.18. The number of carbonyl (C=O) groups is 2. The molecule has 1 rings (SSSR count). The molecule has 1 N–H and O–H groups in total. The summed E-state index contributed by atoms with van der Waals surface area (Å²) in [7, 11) is 0. The maximum Gasteiger partial charge on any atom is 0.338 e. The van der Waals surface area contributed by atoms with Crippen molar-refractivity contribution in [2.45, 2.75) is 24.8 Å². The van der Waals surface area contributed by atoms with Gasteiger partial charge < -0.3 is 10.1 Å². The van der Waals surface area contributed by atoms with Crippen molar-refractivity contribution in [3.05, 3.63) is 29.8 Å². The van der Waals surface area contributed by atoms with Crippen LogP contribution in [-0.2, 0) is 9.53 Å². The van der Waals surface area contributed by atoms with Gasteiger partial charge in [-0.1, -0.05) is 0 Å². The van der Waals surface area contributed by atoms with Crippen LogP contribution in [0, 0.1) is 0 Å². The van der Waals surface area contributed by atoms with Gasteiger partial charge in [0.1, 0.15) is 0 Å². The van der Waals surface area contributed by atoms with Crippen LogP contribution < -0.4 is 5.32 Å². The first-order valence-corrected chi connectivity index (χ1v) is 6.93. The highest BCUT2D eigenvalue weighted by Crippen LogP contribution is 2.15. The fourth-order valence-corrected chi connectivity index (χ4v) is 1.74. The third-order valence-corrected chi connectivity index (χ3v) is 3.07. The van der Waals surface area contributed by atoms with Crippen molar-refractivity contribution in [2.75, 3.05) is 12.8 Å². The molecule has 1 aromatic carbocycles. The summed E-state index contributed by atoms with van der Waals surface area (Å²) in [5.41, 5.74) is 0.448. The third-order valence-electron chi connectivity index (χ3n) is 2.33. The number of esters is 1. The van der Waals surface area contributed by atoms with E-state index < -0.39 is 12.1 Å². The van der Waals surface area contributed by atoms with E-state index in [2.05, 4.69) is 5.32 Å². The number of likely N-dealkylation sites (N-methyl/N-ethyl adjacent to an activating group) is 1. The summed E-state index contributed by atoms with van der Waals surface area (Å²) in [5.74, 6) is -0.770. The zero-order chi connectivity index (χ0) is 13.5. The Hall–Kier alpha value is -1.49. The topological polar surface area (TPSA) is 55.4 Å². The summed E-state index contributed by atoms with van der Waals surface area (Å²) in [5, 5.41) is 2.60. The molecular weight excluding hydrogens is 250 g/mol. The van der Waals surface area contributed by atoms with Gasteiger partial charge >= 0.3 is 5.97 Å². The minimum atomic E-state index is -0.780. The van der Waals surface area contributed by atoms with E-state index in [0.717, 1.165) is 4.90 Å². The van der Waals surface area contributed by atoms with Crippen molar-refractivity contribution in [2.24, 2.45) is 0 Å². The average Bonchev–Trinajstić information content (AvgIpc) is 2.39. The average molecular weight is 267 g/mol. The van der Waals surface area contributed by atoms with E-state index >= 15 is 0 Å². The van der Waals surface area contributed by atoms with Gasteiger partial charge in [-0.2, -0.15) is 0 Å². The number of carbonyl (C=O) groups excluding carboxylic acids is 2. The van der Waals surface area contributed by atoms with Crippen LogP contribution in [0.5, 0.6) is 0 Å². The molecular formula is C13H17NO3S. The quantitative estimate of drug-likeness (QED) is 0.655. The molecule has 0 spiro atoms. The largest absolute Gasteiger partial charge is 0.449 e. The molecule has 0 aliphatic carbocycles. The smallest absolute Gasteiger partial charge is 0.338 e. The van der Waals surface area contributed by atoms with Crippen LogP contribution in [0.3, 0.4) is 0 Å². The lowest BCUT2D eigenvalue weighted by Crippen LogP contribution is -2.35. The molecule has 0 aliphatic heterocycles. The molecule has 0 aromatic heterocycles. The molecule has 0 heterocycles. The predicted molar refractivity (Wildman–Crippen MR) is 71.8 cm³/mol. The van der Waals surface area contributed by atoms with Gasteiger partial charge in [-0.3, -0.25) is 4.79 Å². The Bertz CT molecular complexity index is 417. The molecule has 1 amide bonds. The summed E-state index contributed by atoms with van der Waals surface area (Å²) >= 11 is 1.60. The van der Waals surface area contributed by atoms with Crippen LogP contribution in [0.2, 0.25) is 0 Å². The van der Waals surface area contributed by atoms with Crippen LogP contribution >= 0.6 is 11.8 Å². The van der Waals surface area contributed by atoms with Crippen LogP contribution in [0.15, 0.2) is 29.2 Å². The zero-order valence-electron chi connectivity index (χ0n) is 10.7. The van der Waals surface area contributed by atoms with Crippen molar-refractivity contribution in [3.63, 3.8) is 0 Å². The Morgan fingerprint density at radius 3 is 2.44 bits per heavy atom. The molecule has 0 bridgehead atoms. The Labute approximate surface area is 111 Å². The Kier molecular flexibility index (Phi) is 5.71. The van der Waals surface area contributed by atoms with E-state index in [-0.39, 0.29) is 5.91 Å². The molecule has 1 aromatic rings.